The van der Waals surface area contributed by atoms with E-state index in [4.69, 9.17) is 14.2 Å². The molecule has 0 heterocycles. The minimum Gasteiger partial charge on any atom is -0.493 e. The lowest BCUT2D eigenvalue weighted by Crippen LogP contribution is -2.18. The number of nitro groups is 1. The summed E-state index contributed by atoms with van der Waals surface area (Å²) in [5.74, 6) is -1.88. The van der Waals surface area contributed by atoms with Gasteiger partial charge in [0.15, 0.2) is 11.5 Å². The van der Waals surface area contributed by atoms with Gasteiger partial charge in [-0.2, -0.15) is 5.10 Å². The number of non-ortho nitro benzene ring substituents is 1. The van der Waals surface area contributed by atoms with Gasteiger partial charge in [-0.25, -0.2) is 10.2 Å². The topological polar surface area (TPSA) is 176 Å². The lowest BCUT2D eigenvalue weighted by Gasteiger charge is -2.11. The molecular weight excluding hydrogens is 652 g/mol. The number of hydrogen-bond donors (Lipinski definition) is 2. The summed E-state index contributed by atoms with van der Waals surface area (Å²) in [7, 11) is 1.38. The molecule has 4 aromatic rings. The molecule has 45 heavy (non-hydrogen) atoms. The Kier molecular flexibility index (Phi) is 10.3. The molecule has 14 heteroatoms. The first kappa shape index (κ1) is 32.0. The molecule has 2 amide bonds. The van der Waals surface area contributed by atoms with Crippen molar-refractivity contribution in [2.24, 2.45) is 5.10 Å². The summed E-state index contributed by atoms with van der Waals surface area (Å²) in [5, 5.41) is 17.5. The van der Waals surface area contributed by atoms with Crippen molar-refractivity contribution in [3.63, 3.8) is 0 Å². The van der Waals surface area contributed by atoms with Crippen LogP contribution in [0.15, 0.2) is 94.5 Å². The third-order valence-corrected chi connectivity index (χ3v) is 6.41. The Labute approximate surface area is 264 Å². The molecule has 0 aliphatic rings. The third-order valence-electron chi connectivity index (χ3n) is 5.92. The van der Waals surface area contributed by atoms with Crippen LogP contribution in [0.1, 0.15) is 43.6 Å². The molecule has 0 fully saturated rings. The van der Waals surface area contributed by atoms with Crippen LogP contribution in [0, 0.1) is 10.1 Å². The van der Waals surface area contributed by atoms with Gasteiger partial charge in [-0.1, -0.05) is 22.0 Å². The zero-order valence-electron chi connectivity index (χ0n) is 23.6. The number of esters is 2. The fourth-order valence-electron chi connectivity index (χ4n) is 3.81. The number of hydrazone groups is 1. The number of nitro benzene ring substituents is 1. The summed E-state index contributed by atoms with van der Waals surface area (Å²) >= 11 is 3.34. The highest BCUT2D eigenvalue weighted by molar-refractivity contribution is 9.10. The average molecular weight is 675 g/mol. The zero-order valence-corrected chi connectivity index (χ0v) is 25.2. The molecule has 0 aliphatic carbocycles. The smallest absolute Gasteiger partial charge is 0.343 e. The lowest BCUT2D eigenvalue weighted by molar-refractivity contribution is -0.384. The minimum absolute atomic E-state index is 0.102. The van der Waals surface area contributed by atoms with Crippen molar-refractivity contribution in [3.8, 4) is 17.2 Å². The minimum atomic E-state index is -0.747. The van der Waals surface area contributed by atoms with Gasteiger partial charge in [-0.15, -0.1) is 0 Å². The van der Waals surface area contributed by atoms with E-state index in [-0.39, 0.29) is 39.6 Å². The predicted octanol–water partition coefficient (Wildman–Crippen LogP) is 5.53. The Balaban J connectivity index is 1.42. The zero-order chi connectivity index (χ0) is 32.5. The first-order valence-electron chi connectivity index (χ1n) is 12.9. The van der Waals surface area contributed by atoms with E-state index in [0.29, 0.717) is 15.7 Å². The van der Waals surface area contributed by atoms with Crippen LogP contribution in [0.5, 0.6) is 17.2 Å². The molecule has 13 nitrogen and oxygen atoms in total. The maximum absolute atomic E-state index is 12.8. The first-order valence-corrected chi connectivity index (χ1v) is 13.7. The van der Waals surface area contributed by atoms with Crippen LogP contribution in [0.25, 0.3) is 0 Å². The van der Waals surface area contributed by atoms with Crippen LogP contribution in [-0.2, 0) is 4.79 Å². The van der Waals surface area contributed by atoms with E-state index in [1.54, 1.807) is 24.3 Å². The molecule has 4 rings (SSSR count). The molecule has 0 atom stereocenters. The summed E-state index contributed by atoms with van der Waals surface area (Å²) in [5.41, 5.74) is 3.40. The van der Waals surface area contributed by atoms with Gasteiger partial charge < -0.3 is 19.5 Å². The van der Waals surface area contributed by atoms with Gasteiger partial charge in [0, 0.05) is 45.9 Å². The number of anilines is 1. The summed E-state index contributed by atoms with van der Waals surface area (Å²) in [4.78, 5) is 59.8. The number of carbonyl (C=O) groups is 4. The third kappa shape index (κ3) is 8.58. The Morgan fingerprint density at radius 2 is 1.51 bits per heavy atom. The molecule has 0 saturated carbocycles. The monoisotopic (exact) mass is 674 g/mol. The molecule has 0 bridgehead atoms. The van der Waals surface area contributed by atoms with Crippen LogP contribution in [-0.4, -0.2) is 42.0 Å². The van der Waals surface area contributed by atoms with Crippen molar-refractivity contribution in [1.29, 1.82) is 0 Å². The molecular formula is C31H23BrN4O9. The number of ether oxygens (including phenoxy) is 3. The second kappa shape index (κ2) is 14.5. The summed E-state index contributed by atoms with van der Waals surface area (Å²) in [6.07, 6.45) is 1.28. The second-order valence-corrected chi connectivity index (χ2v) is 9.98. The lowest BCUT2D eigenvalue weighted by atomic mass is 10.1. The van der Waals surface area contributed by atoms with Crippen molar-refractivity contribution in [2.75, 3.05) is 12.4 Å². The first-order chi connectivity index (χ1) is 21.5. The largest absolute Gasteiger partial charge is 0.493 e. The number of nitrogens with zero attached hydrogens (tertiary/aromatic N) is 2. The summed E-state index contributed by atoms with van der Waals surface area (Å²) in [6, 6.07) is 20.2. The second-order valence-electron chi connectivity index (χ2n) is 9.07. The molecule has 2 N–H and O–H groups in total. The molecule has 0 radical (unpaired) electrons. The number of hydrogen-bond acceptors (Lipinski definition) is 10. The van der Waals surface area contributed by atoms with Crippen LogP contribution >= 0.6 is 15.9 Å². The Morgan fingerprint density at radius 3 is 2.20 bits per heavy atom. The number of amides is 2. The number of nitrogens with one attached hydrogen (secondary N) is 2. The summed E-state index contributed by atoms with van der Waals surface area (Å²) in [6.45, 7) is 1.25. The molecule has 0 saturated heterocycles. The number of carbonyl (C=O) groups excluding carboxylic acids is 4. The van der Waals surface area contributed by atoms with Gasteiger partial charge in [0.1, 0.15) is 5.75 Å². The number of methoxy groups -OCH3 is 1. The van der Waals surface area contributed by atoms with Crippen LogP contribution < -0.4 is 25.0 Å². The standard InChI is InChI=1S/C31H23BrN4O9/c1-18(37)44-27-12-8-21(16-28(27)43-2)29(38)34-24-5-3-4-20(15-24)30(39)35-33-17-22-14-23(32)9-13-26(22)45-31(40)19-6-10-25(11-7-19)36(41)42/h3-17H,1-2H3,(H,34,38)(H,35,39). The molecule has 4 aromatic carbocycles. The van der Waals surface area contributed by atoms with Gasteiger partial charge in [0.2, 0.25) is 0 Å². The molecule has 0 aliphatic heterocycles. The predicted molar refractivity (Wildman–Crippen MR) is 166 cm³/mol. The van der Waals surface area contributed by atoms with Gasteiger partial charge in [-0.3, -0.25) is 24.5 Å². The number of halogens is 1. The van der Waals surface area contributed by atoms with E-state index in [1.165, 1.54) is 80.9 Å². The normalized spacial score (nSPS) is 10.6. The highest BCUT2D eigenvalue weighted by Gasteiger charge is 2.16. The van der Waals surface area contributed by atoms with E-state index < -0.39 is 28.7 Å². The molecule has 0 unspecified atom stereocenters. The molecule has 0 spiro atoms. The molecule has 0 aromatic heterocycles. The van der Waals surface area contributed by atoms with E-state index in [0.717, 1.165) is 0 Å². The van der Waals surface area contributed by atoms with Gasteiger partial charge >= 0.3 is 11.9 Å². The van der Waals surface area contributed by atoms with E-state index in [1.807, 2.05) is 0 Å². The number of benzene rings is 4. The number of rotatable bonds is 10. The quantitative estimate of drug-likeness (QED) is 0.0720. The molecule has 228 valence electrons. The van der Waals surface area contributed by atoms with Crippen molar-refractivity contribution in [1.82, 2.24) is 5.43 Å². The van der Waals surface area contributed by atoms with Crippen LogP contribution in [0.2, 0.25) is 0 Å². The fourth-order valence-corrected chi connectivity index (χ4v) is 4.18. The van der Waals surface area contributed by atoms with Crippen molar-refractivity contribution in [3.05, 3.63) is 122 Å². The highest BCUT2D eigenvalue weighted by atomic mass is 79.9. The maximum atomic E-state index is 12.8. The van der Waals surface area contributed by atoms with Crippen LogP contribution in [0.4, 0.5) is 11.4 Å². The van der Waals surface area contributed by atoms with Crippen molar-refractivity contribution < 1.29 is 38.3 Å². The summed E-state index contributed by atoms with van der Waals surface area (Å²) < 4.78 is 16.4. The average Bonchev–Trinajstić information content (AvgIpc) is 3.02. The SMILES string of the molecule is COc1cc(C(=O)Nc2cccc(C(=O)NN=Cc3cc(Br)ccc3OC(=O)c3ccc([N+](=O)[O-])cc3)c2)ccc1OC(C)=O. The van der Waals surface area contributed by atoms with E-state index in [9.17, 15) is 29.3 Å². The Hall–Kier alpha value is -5.89. The fraction of sp³-hybridized carbons (Fsp3) is 0.0645. The van der Waals surface area contributed by atoms with E-state index >= 15 is 0 Å². The maximum Gasteiger partial charge on any atom is 0.343 e. The Morgan fingerprint density at radius 1 is 0.822 bits per heavy atom. The van der Waals surface area contributed by atoms with Crippen molar-refractivity contribution >= 4 is 57.3 Å². The van der Waals surface area contributed by atoms with E-state index in [2.05, 4.69) is 31.8 Å². The Bertz CT molecular complexity index is 1820. The van der Waals surface area contributed by atoms with Gasteiger partial charge in [0.25, 0.3) is 17.5 Å². The van der Waals surface area contributed by atoms with Crippen LogP contribution in [0.3, 0.4) is 0 Å². The van der Waals surface area contributed by atoms with Gasteiger partial charge in [-0.05, 0) is 66.7 Å². The van der Waals surface area contributed by atoms with Gasteiger partial charge in [0.05, 0.1) is 23.8 Å². The highest BCUT2D eigenvalue weighted by Crippen LogP contribution is 2.29. The van der Waals surface area contributed by atoms with Crippen molar-refractivity contribution in [2.45, 2.75) is 6.92 Å².